The maximum absolute atomic E-state index is 13.3. The van der Waals surface area contributed by atoms with Gasteiger partial charge in [0.25, 0.3) is 5.91 Å². The number of aryl methyl sites for hydroxylation is 2. The molecule has 2 aromatic heterocycles. The molecule has 0 unspecified atom stereocenters. The number of allylic oxidation sites excluding steroid dienone is 1. The van der Waals surface area contributed by atoms with E-state index in [1.54, 1.807) is 42.1 Å². The van der Waals surface area contributed by atoms with Gasteiger partial charge in [-0.1, -0.05) is 24.3 Å². The SMILES string of the molecule is CCn1nc(C)cc1C(=O)Nc1nc2cc(C(N)=O)ccc2n1CC=CCNc1c(N)cc(C(N)=O)cc1OCc1ccc(OC)cc1. The number of primary amides is 2. The first-order valence-electron chi connectivity index (χ1n) is 15.1. The Labute approximate surface area is 276 Å². The summed E-state index contributed by atoms with van der Waals surface area (Å²) in [5.41, 5.74) is 21.8. The topological polar surface area (TPSA) is 207 Å². The first-order valence-corrected chi connectivity index (χ1v) is 15.1. The molecule has 0 fully saturated rings. The molecule has 0 bridgehead atoms. The highest BCUT2D eigenvalue weighted by molar-refractivity contribution is 6.03. The van der Waals surface area contributed by atoms with Crippen LogP contribution in [0.3, 0.4) is 0 Å². The standard InChI is InChI=1S/C34H37N9O5/c1-4-43-28(15-20(2)41-43)33(46)40-34-39-26-17-22(31(36)44)9-12-27(26)42(34)14-6-5-13-38-30-25(35)16-23(32(37)45)18-29(30)48-19-21-7-10-24(47-3)11-8-21/h5-12,15-18,38H,4,13-14,19,35H2,1-3H3,(H2,36,44)(H2,37,45)(H,39,40,46). The quantitative estimate of drug-likeness (QED) is 0.0871. The third-order valence-corrected chi connectivity index (χ3v) is 7.51. The number of carbonyl (C=O) groups excluding carboxylic acids is 3. The lowest BCUT2D eigenvalue weighted by atomic mass is 10.1. The van der Waals surface area contributed by atoms with Crippen LogP contribution in [0.1, 0.15) is 49.4 Å². The number of ether oxygens (including phenoxy) is 2. The molecule has 0 aliphatic carbocycles. The van der Waals surface area contributed by atoms with Crippen molar-refractivity contribution in [2.75, 3.05) is 30.0 Å². The van der Waals surface area contributed by atoms with Gasteiger partial charge >= 0.3 is 0 Å². The first kappa shape index (κ1) is 33.1. The minimum Gasteiger partial charge on any atom is -0.497 e. The molecule has 3 amide bonds. The lowest BCUT2D eigenvalue weighted by Gasteiger charge is -2.16. The Morgan fingerprint density at radius 2 is 1.71 bits per heavy atom. The molecular weight excluding hydrogens is 614 g/mol. The Hall–Kier alpha value is -6.31. The fourth-order valence-electron chi connectivity index (χ4n) is 5.09. The molecular formula is C34H37N9O5. The minimum absolute atomic E-state index is 0.217. The van der Waals surface area contributed by atoms with Crippen LogP contribution >= 0.6 is 0 Å². The second-order valence-electron chi connectivity index (χ2n) is 10.8. The number of nitrogens with zero attached hydrogens (tertiary/aromatic N) is 4. The van der Waals surface area contributed by atoms with Crippen LogP contribution in [0.2, 0.25) is 0 Å². The summed E-state index contributed by atoms with van der Waals surface area (Å²) in [7, 11) is 1.59. The van der Waals surface area contributed by atoms with Gasteiger partial charge in [0.05, 0.1) is 29.5 Å². The van der Waals surface area contributed by atoms with E-state index in [9.17, 15) is 14.4 Å². The van der Waals surface area contributed by atoms with Gasteiger partial charge in [-0.25, -0.2) is 4.98 Å². The summed E-state index contributed by atoms with van der Waals surface area (Å²) in [4.78, 5) is 41.6. The van der Waals surface area contributed by atoms with E-state index < -0.39 is 11.8 Å². The second-order valence-corrected chi connectivity index (χ2v) is 10.8. The van der Waals surface area contributed by atoms with Crippen molar-refractivity contribution in [2.24, 2.45) is 11.5 Å². The number of hydrogen-bond acceptors (Lipinski definition) is 9. The number of benzene rings is 3. The molecule has 3 aromatic carbocycles. The predicted octanol–water partition coefficient (Wildman–Crippen LogP) is 3.85. The molecule has 2 heterocycles. The lowest BCUT2D eigenvalue weighted by molar-refractivity contribution is 0.0991. The average Bonchev–Trinajstić information content (AvgIpc) is 3.63. The third kappa shape index (κ3) is 7.39. The fraction of sp³-hybridized carbons (Fsp3) is 0.206. The van der Waals surface area contributed by atoms with Gasteiger partial charge in [0.15, 0.2) is 0 Å². The number of anilines is 3. The summed E-state index contributed by atoms with van der Waals surface area (Å²) in [5.74, 6) is -0.204. The van der Waals surface area contributed by atoms with Crippen LogP contribution in [0, 0.1) is 6.92 Å². The number of nitrogens with one attached hydrogen (secondary N) is 2. The van der Waals surface area contributed by atoms with Gasteiger partial charge < -0.3 is 36.6 Å². The number of aromatic nitrogens is 4. The number of nitrogen functional groups attached to an aromatic ring is 1. The molecule has 0 aliphatic heterocycles. The molecule has 0 atom stereocenters. The van der Waals surface area contributed by atoms with Crippen molar-refractivity contribution in [3.8, 4) is 11.5 Å². The molecule has 248 valence electrons. The van der Waals surface area contributed by atoms with Crippen LogP contribution in [0.5, 0.6) is 11.5 Å². The maximum atomic E-state index is 13.3. The van der Waals surface area contributed by atoms with E-state index in [0.717, 1.165) is 17.0 Å². The Bertz CT molecular complexity index is 2010. The highest BCUT2D eigenvalue weighted by atomic mass is 16.5. The molecule has 5 rings (SSSR count). The Kier molecular flexibility index (Phi) is 9.93. The second kappa shape index (κ2) is 14.4. The van der Waals surface area contributed by atoms with E-state index in [4.69, 9.17) is 26.7 Å². The largest absolute Gasteiger partial charge is 0.497 e. The van der Waals surface area contributed by atoms with Crippen molar-refractivity contribution in [3.63, 3.8) is 0 Å². The molecule has 5 aromatic rings. The molecule has 14 heteroatoms. The number of carbonyl (C=O) groups is 3. The Balaban J connectivity index is 1.35. The van der Waals surface area contributed by atoms with Gasteiger partial charge in [-0.3, -0.25) is 24.4 Å². The number of rotatable bonds is 14. The van der Waals surface area contributed by atoms with Gasteiger partial charge in [0.1, 0.15) is 29.5 Å². The van der Waals surface area contributed by atoms with Gasteiger partial charge in [-0.05, 0) is 67.9 Å². The summed E-state index contributed by atoms with van der Waals surface area (Å²) in [5, 5.41) is 10.5. The number of methoxy groups -OCH3 is 1. The van der Waals surface area contributed by atoms with Crippen LogP contribution in [0.15, 0.2) is 72.8 Å². The summed E-state index contributed by atoms with van der Waals surface area (Å²) >= 11 is 0. The zero-order chi connectivity index (χ0) is 34.4. The fourth-order valence-corrected chi connectivity index (χ4v) is 5.09. The Morgan fingerprint density at radius 3 is 2.40 bits per heavy atom. The van der Waals surface area contributed by atoms with E-state index in [-0.39, 0.29) is 24.0 Å². The molecule has 0 saturated heterocycles. The number of fused-ring (bicyclic) bond motifs is 1. The van der Waals surface area contributed by atoms with E-state index >= 15 is 0 Å². The normalized spacial score (nSPS) is 11.1. The van der Waals surface area contributed by atoms with E-state index in [2.05, 4.69) is 20.7 Å². The van der Waals surface area contributed by atoms with Crippen molar-refractivity contribution in [1.82, 2.24) is 19.3 Å². The van der Waals surface area contributed by atoms with Crippen molar-refractivity contribution in [3.05, 3.63) is 101 Å². The third-order valence-electron chi connectivity index (χ3n) is 7.51. The summed E-state index contributed by atoms with van der Waals surface area (Å²) in [6, 6.07) is 17.1. The minimum atomic E-state index is -0.630. The smallest absolute Gasteiger partial charge is 0.276 e. The van der Waals surface area contributed by atoms with Crippen LogP contribution in [0.4, 0.5) is 17.3 Å². The average molecular weight is 652 g/mol. The molecule has 0 aliphatic rings. The molecule has 0 radical (unpaired) electrons. The van der Waals surface area contributed by atoms with Gasteiger partial charge in [0, 0.05) is 30.8 Å². The lowest BCUT2D eigenvalue weighted by Crippen LogP contribution is -2.19. The van der Waals surface area contributed by atoms with Crippen molar-refractivity contribution >= 4 is 46.1 Å². The highest BCUT2D eigenvalue weighted by Crippen LogP contribution is 2.33. The number of nitrogens with two attached hydrogens (primary N) is 3. The highest BCUT2D eigenvalue weighted by Gasteiger charge is 2.19. The predicted molar refractivity (Wildman–Crippen MR) is 183 cm³/mol. The molecule has 48 heavy (non-hydrogen) atoms. The van der Waals surface area contributed by atoms with Gasteiger partial charge in [0.2, 0.25) is 17.8 Å². The monoisotopic (exact) mass is 651 g/mol. The zero-order valence-corrected chi connectivity index (χ0v) is 26.8. The van der Waals surface area contributed by atoms with Crippen LogP contribution < -0.4 is 37.3 Å². The van der Waals surface area contributed by atoms with Crippen molar-refractivity contribution in [2.45, 2.75) is 33.5 Å². The first-order chi connectivity index (χ1) is 23.1. The molecule has 0 saturated carbocycles. The van der Waals surface area contributed by atoms with Crippen molar-refractivity contribution < 1.29 is 23.9 Å². The summed E-state index contributed by atoms with van der Waals surface area (Å²) in [6.07, 6.45) is 3.76. The van der Waals surface area contributed by atoms with Crippen LogP contribution in [-0.2, 0) is 19.7 Å². The zero-order valence-electron chi connectivity index (χ0n) is 26.8. The van der Waals surface area contributed by atoms with E-state index in [0.29, 0.717) is 59.0 Å². The Morgan fingerprint density at radius 1 is 0.958 bits per heavy atom. The summed E-state index contributed by atoms with van der Waals surface area (Å²) in [6.45, 7) is 5.13. The summed E-state index contributed by atoms with van der Waals surface area (Å²) < 4.78 is 14.7. The number of amides is 3. The van der Waals surface area contributed by atoms with Gasteiger partial charge in [-0.2, -0.15) is 5.10 Å². The van der Waals surface area contributed by atoms with Crippen LogP contribution in [0.25, 0.3) is 11.0 Å². The maximum Gasteiger partial charge on any atom is 0.276 e. The number of hydrogen-bond donors (Lipinski definition) is 5. The molecule has 8 N–H and O–H groups in total. The van der Waals surface area contributed by atoms with E-state index in [1.165, 1.54) is 6.07 Å². The van der Waals surface area contributed by atoms with Crippen LogP contribution in [-0.4, -0.2) is 50.7 Å². The van der Waals surface area contributed by atoms with E-state index in [1.807, 2.05) is 54.8 Å². The van der Waals surface area contributed by atoms with Crippen molar-refractivity contribution in [1.29, 1.82) is 0 Å². The number of imidazole rings is 1. The molecule has 14 nitrogen and oxygen atoms in total. The molecule has 0 spiro atoms. The van der Waals surface area contributed by atoms with Gasteiger partial charge in [-0.15, -0.1) is 0 Å².